The third-order valence-corrected chi connectivity index (χ3v) is 4.44. The maximum Gasteiger partial charge on any atom is 0.224 e. The van der Waals surface area contributed by atoms with Gasteiger partial charge >= 0.3 is 0 Å². The molecule has 1 aliphatic heterocycles. The molecule has 0 aliphatic carbocycles. The first-order valence-electron chi connectivity index (χ1n) is 8.68. The highest BCUT2D eigenvalue weighted by atomic mass is 19.1. The van der Waals surface area contributed by atoms with Gasteiger partial charge in [0.2, 0.25) is 5.91 Å². The molecule has 1 aliphatic rings. The Morgan fingerprint density at radius 1 is 1.24 bits per heavy atom. The van der Waals surface area contributed by atoms with Crippen molar-refractivity contribution < 1.29 is 9.18 Å². The molecule has 2 aromatic rings. The SMILES string of the molecule is CCc1ncnc(N2CCCN(C(=O)CCn3cccn3)CC2)c1F. The molecule has 0 aromatic carbocycles. The summed E-state index contributed by atoms with van der Waals surface area (Å²) in [6.07, 6.45) is 6.71. The zero-order valence-corrected chi connectivity index (χ0v) is 14.4. The zero-order valence-electron chi connectivity index (χ0n) is 14.4. The van der Waals surface area contributed by atoms with Crippen molar-refractivity contribution in [1.29, 1.82) is 0 Å². The van der Waals surface area contributed by atoms with Crippen molar-refractivity contribution in [3.05, 3.63) is 36.3 Å². The molecule has 1 amide bonds. The number of aromatic nitrogens is 4. The molecule has 7 nitrogen and oxygen atoms in total. The van der Waals surface area contributed by atoms with E-state index in [0.29, 0.717) is 57.1 Å². The van der Waals surface area contributed by atoms with Crippen LogP contribution in [0.1, 0.15) is 25.5 Å². The summed E-state index contributed by atoms with van der Waals surface area (Å²) < 4.78 is 16.2. The second-order valence-electron chi connectivity index (χ2n) is 6.05. The van der Waals surface area contributed by atoms with Crippen LogP contribution in [0.2, 0.25) is 0 Å². The number of halogens is 1. The predicted octanol–water partition coefficient (Wildman–Crippen LogP) is 1.50. The summed E-state index contributed by atoms with van der Waals surface area (Å²) in [5.41, 5.74) is 0.432. The molecule has 0 radical (unpaired) electrons. The molecule has 0 spiro atoms. The van der Waals surface area contributed by atoms with Crippen molar-refractivity contribution in [3.63, 3.8) is 0 Å². The van der Waals surface area contributed by atoms with Crippen molar-refractivity contribution in [2.75, 3.05) is 31.1 Å². The fraction of sp³-hybridized carbons (Fsp3) is 0.529. The van der Waals surface area contributed by atoms with Crippen LogP contribution in [0.15, 0.2) is 24.8 Å². The lowest BCUT2D eigenvalue weighted by molar-refractivity contribution is -0.131. The molecule has 25 heavy (non-hydrogen) atoms. The predicted molar refractivity (Wildman–Crippen MR) is 91.6 cm³/mol. The normalized spacial score (nSPS) is 15.3. The molecule has 134 valence electrons. The quantitative estimate of drug-likeness (QED) is 0.821. The van der Waals surface area contributed by atoms with Crippen LogP contribution in [0.5, 0.6) is 0 Å². The summed E-state index contributed by atoms with van der Waals surface area (Å²) in [5.74, 6) is 0.107. The van der Waals surface area contributed by atoms with Gasteiger partial charge in [-0.25, -0.2) is 14.4 Å². The molecule has 0 atom stereocenters. The Labute approximate surface area is 146 Å². The number of nitrogens with zero attached hydrogens (tertiary/aromatic N) is 6. The number of amides is 1. The molecule has 1 saturated heterocycles. The highest BCUT2D eigenvalue weighted by Crippen LogP contribution is 2.20. The molecule has 3 rings (SSSR count). The van der Waals surface area contributed by atoms with Crippen LogP contribution in [-0.2, 0) is 17.8 Å². The van der Waals surface area contributed by atoms with E-state index in [1.54, 1.807) is 10.9 Å². The van der Waals surface area contributed by atoms with Crippen LogP contribution < -0.4 is 4.90 Å². The average Bonchev–Trinajstić information content (AvgIpc) is 3.03. The smallest absolute Gasteiger partial charge is 0.224 e. The highest BCUT2D eigenvalue weighted by Gasteiger charge is 2.22. The summed E-state index contributed by atoms with van der Waals surface area (Å²) >= 11 is 0. The van der Waals surface area contributed by atoms with Gasteiger partial charge in [-0.2, -0.15) is 5.10 Å². The number of rotatable bonds is 5. The molecule has 8 heteroatoms. The highest BCUT2D eigenvalue weighted by molar-refractivity contribution is 5.76. The Kier molecular flexibility index (Phi) is 5.57. The summed E-state index contributed by atoms with van der Waals surface area (Å²) in [6.45, 7) is 4.96. The molecule has 3 heterocycles. The van der Waals surface area contributed by atoms with E-state index in [-0.39, 0.29) is 11.7 Å². The summed E-state index contributed by atoms with van der Waals surface area (Å²) in [4.78, 5) is 24.3. The van der Waals surface area contributed by atoms with Gasteiger partial charge in [0, 0.05) is 51.5 Å². The van der Waals surface area contributed by atoms with Crippen LogP contribution in [0.4, 0.5) is 10.2 Å². The fourth-order valence-corrected chi connectivity index (χ4v) is 3.04. The van der Waals surface area contributed by atoms with Gasteiger partial charge in [0.1, 0.15) is 6.33 Å². The number of anilines is 1. The van der Waals surface area contributed by atoms with E-state index in [9.17, 15) is 9.18 Å². The van der Waals surface area contributed by atoms with E-state index in [4.69, 9.17) is 0 Å². The molecular weight excluding hydrogens is 323 g/mol. The van der Waals surface area contributed by atoms with Crippen molar-refractivity contribution >= 4 is 11.7 Å². The number of hydrogen-bond donors (Lipinski definition) is 0. The minimum Gasteiger partial charge on any atom is -0.352 e. The summed E-state index contributed by atoms with van der Waals surface area (Å²) in [5, 5.41) is 4.11. The van der Waals surface area contributed by atoms with Crippen molar-refractivity contribution in [3.8, 4) is 0 Å². The molecule has 0 unspecified atom stereocenters. The Balaban J connectivity index is 1.59. The van der Waals surface area contributed by atoms with Crippen molar-refractivity contribution in [2.24, 2.45) is 0 Å². The number of carbonyl (C=O) groups excluding carboxylic acids is 1. The van der Waals surface area contributed by atoms with Crippen LogP contribution in [-0.4, -0.2) is 56.7 Å². The topological polar surface area (TPSA) is 67.2 Å². The zero-order chi connectivity index (χ0) is 17.6. The number of carbonyl (C=O) groups is 1. The Hall–Kier alpha value is -2.51. The van der Waals surface area contributed by atoms with Crippen LogP contribution >= 0.6 is 0 Å². The third-order valence-electron chi connectivity index (χ3n) is 4.44. The Morgan fingerprint density at radius 2 is 2.12 bits per heavy atom. The lowest BCUT2D eigenvalue weighted by atomic mass is 10.3. The van der Waals surface area contributed by atoms with Gasteiger partial charge in [-0.15, -0.1) is 0 Å². The van der Waals surface area contributed by atoms with E-state index in [1.165, 1.54) is 6.33 Å². The second kappa shape index (κ2) is 8.04. The van der Waals surface area contributed by atoms with Crippen LogP contribution in [0.3, 0.4) is 0 Å². The lowest BCUT2D eigenvalue weighted by Crippen LogP contribution is -2.36. The van der Waals surface area contributed by atoms with E-state index < -0.39 is 0 Å². The van der Waals surface area contributed by atoms with Crippen LogP contribution in [0, 0.1) is 5.82 Å². The van der Waals surface area contributed by atoms with Crippen LogP contribution in [0.25, 0.3) is 0 Å². The van der Waals surface area contributed by atoms with Crippen molar-refractivity contribution in [1.82, 2.24) is 24.6 Å². The molecular formula is C17H23FN6O. The van der Waals surface area contributed by atoms with Crippen molar-refractivity contribution in [2.45, 2.75) is 32.7 Å². The van der Waals surface area contributed by atoms with Gasteiger partial charge in [-0.1, -0.05) is 6.92 Å². The van der Waals surface area contributed by atoms with E-state index in [2.05, 4.69) is 15.1 Å². The monoisotopic (exact) mass is 346 g/mol. The largest absolute Gasteiger partial charge is 0.352 e. The fourth-order valence-electron chi connectivity index (χ4n) is 3.04. The maximum absolute atomic E-state index is 14.5. The first-order valence-corrected chi connectivity index (χ1v) is 8.68. The van der Waals surface area contributed by atoms with E-state index in [1.807, 2.05) is 29.0 Å². The number of hydrogen-bond acceptors (Lipinski definition) is 5. The third kappa shape index (κ3) is 4.12. The standard InChI is InChI=1S/C17H23FN6O/c1-2-14-16(18)17(20-13-19-14)23-8-4-7-22(11-12-23)15(25)5-10-24-9-3-6-21-24/h3,6,9,13H,2,4-5,7-8,10-12H2,1H3. The molecule has 1 fully saturated rings. The van der Waals surface area contributed by atoms with Gasteiger partial charge in [0.05, 0.1) is 5.69 Å². The Bertz CT molecular complexity index is 705. The first kappa shape index (κ1) is 17.3. The molecule has 2 aromatic heterocycles. The van der Waals surface area contributed by atoms with Gasteiger partial charge < -0.3 is 9.80 Å². The van der Waals surface area contributed by atoms with E-state index >= 15 is 0 Å². The van der Waals surface area contributed by atoms with Gasteiger partial charge in [-0.05, 0) is 18.9 Å². The van der Waals surface area contributed by atoms with Gasteiger partial charge in [-0.3, -0.25) is 9.48 Å². The Morgan fingerprint density at radius 3 is 2.88 bits per heavy atom. The maximum atomic E-state index is 14.5. The lowest BCUT2D eigenvalue weighted by Gasteiger charge is -2.23. The first-order chi connectivity index (χ1) is 12.2. The second-order valence-corrected chi connectivity index (χ2v) is 6.05. The van der Waals surface area contributed by atoms with Gasteiger partial charge in [0.15, 0.2) is 11.6 Å². The minimum atomic E-state index is -0.344. The molecule has 0 bridgehead atoms. The van der Waals surface area contributed by atoms with Gasteiger partial charge in [0.25, 0.3) is 0 Å². The molecule has 0 saturated carbocycles. The minimum absolute atomic E-state index is 0.106. The average molecular weight is 346 g/mol. The molecule has 0 N–H and O–H groups in total. The summed E-state index contributed by atoms with van der Waals surface area (Å²) in [7, 11) is 0. The summed E-state index contributed by atoms with van der Waals surface area (Å²) in [6, 6.07) is 1.84. The number of aryl methyl sites for hydroxylation is 2. The van der Waals surface area contributed by atoms with E-state index in [0.717, 1.165) is 6.42 Å².